The van der Waals surface area contributed by atoms with Crippen LogP contribution in [0.4, 0.5) is 0 Å². The highest BCUT2D eigenvalue weighted by molar-refractivity contribution is 7.91. The third-order valence-corrected chi connectivity index (χ3v) is 5.23. The van der Waals surface area contributed by atoms with Gasteiger partial charge in [0.25, 0.3) is 0 Å². The zero-order valence-corrected chi connectivity index (χ0v) is 11.9. The number of hydrogen-bond acceptors (Lipinski definition) is 4. The number of aryl methyl sites for hydroxylation is 1. The van der Waals surface area contributed by atoms with Crippen molar-refractivity contribution in [3.63, 3.8) is 0 Å². The number of carbonyl (C=O) groups excluding carboxylic acids is 1. The first-order chi connectivity index (χ1) is 9.02. The number of carbonyl (C=O) groups is 1. The number of rotatable bonds is 5. The van der Waals surface area contributed by atoms with E-state index in [4.69, 9.17) is 4.42 Å². The number of amides is 1. The molecule has 0 N–H and O–H groups in total. The smallest absolute Gasteiger partial charge is 0.223 e. The van der Waals surface area contributed by atoms with Crippen LogP contribution in [0.3, 0.4) is 0 Å². The molecule has 1 saturated heterocycles. The molecule has 1 atom stereocenters. The second-order valence-electron chi connectivity index (χ2n) is 4.82. The molecule has 106 valence electrons. The summed E-state index contributed by atoms with van der Waals surface area (Å²) in [6.07, 6.45) is 3.06. The Balaban J connectivity index is 1.92. The zero-order valence-electron chi connectivity index (χ0n) is 11.0. The highest BCUT2D eigenvalue weighted by atomic mass is 32.2. The molecule has 0 spiro atoms. The van der Waals surface area contributed by atoms with Gasteiger partial charge >= 0.3 is 0 Å². The molecule has 2 rings (SSSR count). The van der Waals surface area contributed by atoms with Gasteiger partial charge in [0.1, 0.15) is 5.76 Å². The lowest BCUT2D eigenvalue weighted by molar-refractivity contribution is -0.132. The molecule has 6 heteroatoms. The number of hydrogen-bond donors (Lipinski definition) is 0. The maximum absolute atomic E-state index is 12.2. The van der Waals surface area contributed by atoms with E-state index in [9.17, 15) is 13.2 Å². The number of sulfone groups is 1. The first kappa shape index (κ1) is 14.1. The molecule has 0 saturated carbocycles. The van der Waals surface area contributed by atoms with Gasteiger partial charge in [-0.3, -0.25) is 4.79 Å². The van der Waals surface area contributed by atoms with E-state index >= 15 is 0 Å². The maximum atomic E-state index is 12.2. The second-order valence-corrected chi connectivity index (χ2v) is 7.04. The van der Waals surface area contributed by atoms with E-state index < -0.39 is 9.84 Å². The molecule has 5 nitrogen and oxygen atoms in total. The van der Waals surface area contributed by atoms with Gasteiger partial charge in [-0.2, -0.15) is 0 Å². The molecule has 1 aromatic rings. The van der Waals surface area contributed by atoms with Crippen LogP contribution in [0.2, 0.25) is 0 Å². The first-order valence-corrected chi connectivity index (χ1v) is 8.36. The van der Waals surface area contributed by atoms with Crippen LogP contribution in [0.15, 0.2) is 22.8 Å². The molecule has 2 heterocycles. The first-order valence-electron chi connectivity index (χ1n) is 6.54. The molecular formula is C13H19NO4S. The third kappa shape index (κ3) is 3.59. The van der Waals surface area contributed by atoms with Crippen LogP contribution < -0.4 is 0 Å². The third-order valence-electron chi connectivity index (χ3n) is 3.48. The van der Waals surface area contributed by atoms with E-state index in [1.165, 1.54) is 0 Å². The molecule has 1 aliphatic rings. The van der Waals surface area contributed by atoms with Gasteiger partial charge in [-0.25, -0.2) is 8.42 Å². The van der Waals surface area contributed by atoms with E-state index in [1.807, 2.05) is 13.0 Å². The van der Waals surface area contributed by atoms with Gasteiger partial charge in [-0.15, -0.1) is 0 Å². The summed E-state index contributed by atoms with van der Waals surface area (Å²) in [5, 5.41) is 0. The Morgan fingerprint density at radius 2 is 2.32 bits per heavy atom. The maximum Gasteiger partial charge on any atom is 0.223 e. The summed E-state index contributed by atoms with van der Waals surface area (Å²) >= 11 is 0. The number of furan rings is 1. The van der Waals surface area contributed by atoms with E-state index in [1.54, 1.807) is 17.2 Å². The van der Waals surface area contributed by atoms with Gasteiger partial charge < -0.3 is 9.32 Å². The van der Waals surface area contributed by atoms with Crippen LogP contribution >= 0.6 is 0 Å². The summed E-state index contributed by atoms with van der Waals surface area (Å²) in [5.41, 5.74) is 0. The molecule has 0 radical (unpaired) electrons. The summed E-state index contributed by atoms with van der Waals surface area (Å²) in [5.74, 6) is 1.08. The van der Waals surface area contributed by atoms with E-state index in [0.29, 0.717) is 25.8 Å². The molecule has 1 aromatic heterocycles. The van der Waals surface area contributed by atoms with Crippen molar-refractivity contribution in [1.29, 1.82) is 0 Å². The summed E-state index contributed by atoms with van der Waals surface area (Å²) in [7, 11) is -2.95. The van der Waals surface area contributed by atoms with Gasteiger partial charge in [-0.05, 0) is 25.5 Å². The SMILES string of the molecule is CCN(C(=O)CCc1ccco1)[C@@H]1CCS(=O)(=O)C1. The Labute approximate surface area is 113 Å². The molecule has 0 unspecified atom stereocenters. The summed E-state index contributed by atoms with van der Waals surface area (Å²) < 4.78 is 28.1. The van der Waals surface area contributed by atoms with Crippen molar-refractivity contribution >= 4 is 15.7 Å². The van der Waals surface area contributed by atoms with Crippen LogP contribution in [0.1, 0.15) is 25.5 Å². The minimum absolute atomic E-state index is 0.000926. The molecule has 0 bridgehead atoms. The van der Waals surface area contributed by atoms with Gasteiger partial charge in [0.15, 0.2) is 9.84 Å². The van der Waals surface area contributed by atoms with Gasteiger partial charge in [-0.1, -0.05) is 0 Å². The lowest BCUT2D eigenvalue weighted by Gasteiger charge is -2.26. The average Bonchev–Trinajstić information content (AvgIpc) is 2.97. The molecule has 0 aliphatic carbocycles. The topological polar surface area (TPSA) is 67.6 Å². The van der Waals surface area contributed by atoms with E-state index in [0.717, 1.165) is 5.76 Å². The monoisotopic (exact) mass is 285 g/mol. The fourth-order valence-electron chi connectivity index (χ4n) is 2.49. The molecule has 1 aliphatic heterocycles. The van der Waals surface area contributed by atoms with Crippen molar-refractivity contribution < 1.29 is 17.6 Å². The summed E-state index contributed by atoms with van der Waals surface area (Å²) in [4.78, 5) is 13.8. The lowest BCUT2D eigenvalue weighted by atomic mass is 10.1. The lowest BCUT2D eigenvalue weighted by Crippen LogP contribution is -2.41. The fraction of sp³-hybridized carbons (Fsp3) is 0.615. The van der Waals surface area contributed by atoms with Crippen molar-refractivity contribution in [2.45, 2.75) is 32.2 Å². The zero-order chi connectivity index (χ0) is 13.9. The minimum atomic E-state index is -2.95. The Bertz CT molecular complexity index is 521. The van der Waals surface area contributed by atoms with Crippen LogP contribution in [0.5, 0.6) is 0 Å². The van der Waals surface area contributed by atoms with Crippen molar-refractivity contribution in [3.05, 3.63) is 24.2 Å². The molecular weight excluding hydrogens is 266 g/mol. The van der Waals surface area contributed by atoms with Gasteiger partial charge in [0.2, 0.25) is 5.91 Å². The Kier molecular flexibility index (Phi) is 4.29. The largest absolute Gasteiger partial charge is 0.469 e. The van der Waals surface area contributed by atoms with Crippen LogP contribution in [-0.2, 0) is 21.1 Å². The minimum Gasteiger partial charge on any atom is -0.469 e. The number of nitrogens with zero attached hydrogens (tertiary/aromatic N) is 1. The van der Waals surface area contributed by atoms with Crippen molar-refractivity contribution in [2.24, 2.45) is 0 Å². The Hall–Kier alpha value is -1.30. The highest BCUT2D eigenvalue weighted by Crippen LogP contribution is 2.19. The van der Waals surface area contributed by atoms with Gasteiger partial charge in [0.05, 0.1) is 17.8 Å². The Morgan fingerprint density at radius 3 is 2.84 bits per heavy atom. The molecule has 0 aromatic carbocycles. The molecule has 1 fully saturated rings. The predicted octanol–water partition coefficient (Wildman–Crippen LogP) is 1.25. The normalized spacial score (nSPS) is 21.4. The average molecular weight is 285 g/mol. The molecule has 1 amide bonds. The highest BCUT2D eigenvalue weighted by Gasteiger charge is 2.33. The fourth-order valence-corrected chi connectivity index (χ4v) is 4.22. The van der Waals surface area contributed by atoms with Crippen LogP contribution in [-0.4, -0.2) is 43.3 Å². The molecule has 19 heavy (non-hydrogen) atoms. The predicted molar refractivity (Wildman–Crippen MR) is 71.5 cm³/mol. The van der Waals surface area contributed by atoms with Crippen LogP contribution in [0, 0.1) is 0 Å². The van der Waals surface area contributed by atoms with E-state index in [-0.39, 0.29) is 23.5 Å². The van der Waals surface area contributed by atoms with Crippen molar-refractivity contribution in [3.8, 4) is 0 Å². The second kappa shape index (κ2) is 5.77. The summed E-state index contributed by atoms with van der Waals surface area (Å²) in [6.45, 7) is 2.44. The quantitative estimate of drug-likeness (QED) is 0.816. The summed E-state index contributed by atoms with van der Waals surface area (Å²) in [6, 6.07) is 3.48. The van der Waals surface area contributed by atoms with Crippen molar-refractivity contribution in [1.82, 2.24) is 4.90 Å². The van der Waals surface area contributed by atoms with Crippen molar-refractivity contribution in [2.75, 3.05) is 18.1 Å². The van der Waals surface area contributed by atoms with Gasteiger partial charge in [0, 0.05) is 25.4 Å². The van der Waals surface area contributed by atoms with E-state index in [2.05, 4.69) is 0 Å². The standard InChI is InChI=1S/C13H19NO4S/c1-2-14(11-7-9-19(16,17)10-11)13(15)6-5-12-4-3-8-18-12/h3-4,8,11H,2,5-7,9-10H2,1H3/t11-/m1/s1. The van der Waals surface area contributed by atoms with Crippen LogP contribution in [0.25, 0.3) is 0 Å². The Morgan fingerprint density at radius 1 is 1.53 bits per heavy atom.